The van der Waals surface area contributed by atoms with Crippen LogP contribution in [-0.4, -0.2) is 60.8 Å². The lowest BCUT2D eigenvalue weighted by atomic mass is 9.98. The molecule has 1 aliphatic heterocycles. The maximum absolute atomic E-state index is 12.6. The summed E-state index contributed by atoms with van der Waals surface area (Å²) >= 11 is 0. The van der Waals surface area contributed by atoms with E-state index in [1.165, 1.54) is 0 Å². The van der Waals surface area contributed by atoms with Crippen molar-refractivity contribution in [1.29, 1.82) is 5.26 Å². The second kappa shape index (κ2) is 10.0. The summed E-state index contributed by atoms with van der Waals surface area (Å²) in [7, 11) is 1.73. The molecule has 29 heavy (non-hydrogen) atoms. The number of anilines is 1. The van der Waals surface area contributed by atoms with E-state index in [1.807, 2.05) is 26.8 Å². The number of urea groups is 1. The van der Waals surface area contributed by atoms with E-state index >= 15 is 0 Å². The largest absolute Gasteiger partial charge is 0.479 e. The molecule has 1 unspecified atom stereocenters. The van der Waals surface area contributed by atoms with Crippen LogP contribution in [0.15, 0.2) is 24.3 Å². The molecule has 3 amide bonds. The van der Waals surface area contributed by atoms with Crippen molar-refractivity contribution in [2.45, 2.75) is 39.2 Å². The predicted octanol–water partition coefficient (Wildman–Crippen LogP) is 3.70. The first kappa shape index (κ1) is 22.3. The Morgan fingerprint density at radius 1 is 1.31 bits per heavy atom. The normalized spacial score (nSPS) is 16.5. The number of carbonyl (C=O) groups is 2. The molecule has 158 valence electrons. The van der Waals surface area contributed by atoms with Gasteiger partial charge in [0.15, 0.2) is 6.61 Å². The van der Waals surface area contributed by atoms with Crippen molar-refractivity contribution in [3.8, 4) is 11.8 Å². The van der Waals surface area contributed by atoms with Gasteiger partial charge in [0.05, 0.1) is 0 Å². The molecule has 0 saturated carbocycles. The van der Waals surface area contributed by atoms with Gasteiger partial charge in [-0.2, -0.15) is 5.26 Å². The van der Waals surface area contributed by atoms with Crippen LogP contribution >= 0.6 is 0 Å². The number of ether oxygens (including phenoxy) is 2. The Balaban J connectivity index is 1.85. The lowest BCUT2D eigenvalue weighted by Gasteiger charge is -2.35. The van der Waals surface area contributed by atoms with E-state index in [0.717, 1.165) is 12.8 Å². The molecule has 0 aliphatic carbocycles. The zero-order chi connectivity index (χ0) is 21.4. The minimum absolute atomic E-state index is 0.0153. The summed E-state index contributed by atoms with van der Waals surface area (Å²) in [6.07, 6.45) is 1.50. The van der Waals surface area contributed by atoms with E-state index in [1.54, 1.807) is 41.1 Å². The Kier molecular flexibility index (Phi) is 7.71. The number of carbonyl (C=O) groups excluding carboxylic acids is 2. The van der Waals surface area contributed by atoms with E-state index in [2.05, 4.69) is 5.32 Å². The van der Waals surface area contributed by atoms with Crippen LogP contribution in [0.25, 0.3) is 0 Å². The van der Waals surface area contributed by atoms with Crippen LogP contribution < -0.4 is 10.1 Å². The van der Waals surface area contributed by atoms with E-state index in [4.69, 9.17) is 14.7 Å². The topological polar surface area (TPSA) is 94.9 Å². The molecule has 8 heteroatoms. The van der Waals surface area contributed by atoms with Gasteiger partial charge in [-0.1, -0.05) is 0 Å². The quantitative estimate of drug-likeness (QED) is 0.810. The number of rotatable bonds is 5. The van der Waals surface area contributed by atoms with Crippen molar-refractivity contribution in [3.05, 3.63) is 24.3 Å². The number of likely N-dealkylation sites (tertiary alicyclic amines) is 1. The van der Waals surface area contributed by atoms with Crippen molar-refractivity contribution in [3.63, 3.8) is 0 Å². The first-order valence-corrected chi connectivity index (χ1v) is 9.78. The summed E-state index contributed by atoms with van der Waals surface area (Å²) in [5.41, 5.74) is 0.131. The van der Waals surface area contributed by atoms with Crippen LogP contribution in [0.3, 0.4) is 0 Å². The van der Waals surface area contributed by atoms with Crippen LogP contribution in [0.2, 0.25) is 0 Å². The summed E-state index contributed by atoms with van der Waals surface area (Å²) in [6.45, 7) is 7.32. The van der Waals surface area contributed by atoms with Gasteiger partial charge < -0.3 is 24.6 Å². The van der Waals surface area contributed by atoms with Gasteiger partial charge in [-0.15, -0.1) is 0 Å². The zero-order valence-corrected chi connectivity index (χ0v) is 17.6. The molecule has 1 fully saturated rings. The van der Waals surface area contributed by atoms with Gasteiger partial charge in [0.2, 0.25) is 0 Å². The number of amides is 3. The van der Waals surface area contributed by atoms with Gasteiger partial charge in [-0.05, 0) is 63.8 Å². The minimum Gasteiger partial charge on any atom is -0.479 e. The maximum atomic E-state index is 12.6. The number of hydrogen-bond acceptors (Lipinski definition) is 5. The molecule has 8 nitrogen and oxygen atoms in total. The third kappa shape index (κ3) is 7.53. The number of nitriles is 1. The van der Waals surface area contributed by atoms with Gasteiger partial charge in [0.25, 0.3) is 0 Å². The fourth-order valence-electron chi connectivity index (χ4n) is 3.15. The highest BCUT2D eigenvalue weighted by Gasteiger charge is 2.27. The van der Waals surface area contributed by atoms with Crippen LogP contribution in [0.4, 0.5) is 15.3 Å². The Morgan fingerprint density at radius 2 is 2.00 bits per heavy atom. The van der Waals surface area contributed by atoms with Crippen molar-refractivity contribution in [2.24, 2.45) is 5.92 Å². The lowest BCUT2D eigenvalue weighted by Crippen LogP contribution is -2.46. The molecule has 1 aliphatic rings. The molecule has 0 aromatic heterocycles. The Morgan fingerprint density at radius 3 is 2.62 bits per heavy atom. The highest BCUT2D eigenvalue weighted by atomic mass is 16.6. The number of piperidine rings is 1. The fraction of sp³-hybridized carbons (Fsp3) is 0.571. The monoisotopic (exact) mass is 402 g/mol. The predicted molar refractivity (Wildman–Crippen MR) is 110 cm³/mol. The number of hydrogen-bond donors (Lipinski definition) is 1. The first-order chi connectivity index (χ1) is 13.7. The van der Waals surface area contributed by atoms with Gasteiger partial charge in [0, 0.05) is 32.4 Å². The van der Waals surface area contributed by atoms with Crippen molar-refractivity contribution in [2.75, 3.05) is 38.6 Å². The van der Waals surface area contributed by atoms with Crippen LogP contribution in [0, 0.1) is 17.2 Å². The van der Waals surface area contributed by atoms with Gasteiger partial charge in [0.1, 0.15) is 17.4 Å². The van der Waals surface area contributed by atoms with Crippen LogP contribution in [0.5, 0.6) is 5.75 Å². The van der Waals surface area contributed by atoms with E-state index in [-0.39, 0.29) is 24.6 Å². The Hall–Kier alpha value is -2.95. The third-order valence-corrected chi connectivity index (χ3v) is 4.45. The fourth-order valence-corrected chi connectivity index (χ4v) is 3.15. The summed E-state index contributed by atoms with van der Waals surface area (Å²) in [5, 5.41) is 11.4. The minimum atomic E-state index is -0.529. The Bertz CT molecular complexity index is 737. The molecule has 0 radical (unpaired) electrons. The lowest BCUT2D eigenvalue weighted by molar-refractivity contribution is 0.0253. The standard InChI is InChI=1S/C21H30N4O4/c1-21(2,3)29-20(27)24(4)14-16-6-5-12-25(15-16)19(26)23-17-7-9-18(10-8-17)28-13-11-22/h7-10,16H,5-6,12-15H2,1-4H3,(H,23,26). The smallest absolute Gasteiger partial charge is 0.410 e. The molecular weight excluding hydrogens is 372 g/mol. The molecule has 1 aromatic carbocycles. The number of benzene rings is 1. The van der Waals surface area contributed by atoms with Gasteiger partial charge in [-0.25, -0.2) is 9.59 Å². The number of nitrogens with one attached hydrogen (secondary N) is 1. The van der Waals surface area contributed by atoms with Crippen molar-refractivity contribution in [1.82, 2.24) is 9.80 Å². The van der Waals surface area contributed by atoms with Crippen LogP contribution in [-0.2, 0) is 4.74 Å². The SMILES string of the molecule is CN(CC1CCCN(C(=O)Nc2ccc(OCC#N)cc2)C1)C(=O)OC(C)(C)C. The van der Waals surface area contributed by atoms with E-state index < -0.39 is 5.60 Å². The Labute approximate surface area is 172 Å². The van der Waals surface area contributed by atoms with Gasteiger partial charge in [-0.3, -0.25) is 0 Å². The molecule has 1 heterocycles. The highest BCUT2D eigenvalue weighted by molar-refractivity contribution is 5.89. The number of nitrogens with zero attached hydrogens (tertiary/aromatic N) is 3. The molecule has 0 spiro atoms. The van der Waals surface area contributed by atoms with E-state index in [0.29, 0.717) is 31.1 Å². The average Bonchev–Trinajstić information content (AvgIpc) is 2.66. The van der Waals surface area contributed by atoms with Gasteiger partial charge >= 0.3 is 12.1 Å². The second-order valence-electron chi connectivity index (χ2n) is 8.22. The maximum Gasteiger partial charge on any atom is 0.410 e. The summed E-state index contributed by atoms with van der Waals surface area (Å²) in [4.78, 5) is 28.1. The average molecular weight is 402 g/mol. The molecule has 1 N–H and O–H groups in total. The third-order valence-electron chi connectivity index (χ3n) is 4.45. The second-order valence-corrected chi connectivity index (χ2v) is 8.22. The van der Waals surface area contributed by atoms with Crippen molar-refractivity contribution < 1.29 is 19.1 Å². The highest BCUT2D eigenvalue weighted by Crippen LogP contribution is 2.21. The van der Waals surface area contributed by atoms with Crippen molar-refractivity contribution >= 4 is 17.8 Å². The summed E-state index contributed by atoms with van der Waals surface area (Å²) in [6, 6.07) is 8.64. The summed E-state index contributed by atoms with van der Waals surface area (Å²) < 4.78 is 10.6. The molecule has 0 bridgehead atoms. The molecule has 1 saturated heterocycles. The van der Waals surface area contributed by atoms with E-state index in [9.17, 15) is 9.59 Å². The molecule has 1 aromatic rings. The first-order valence-electron chi connectivity index (χ1n) is 9.78. The molecular formula is C21H30N4O4. The molecule has 2 rings (SSSR count). The molecule has 1 atom stereocenters. The van der Waals surface area contributed by atoms with Crippen LogP contribution in [0.1, 0.15) is 33.6 Å². The zero-order valence-electron chi connectivity index (χ0n) is 17.6. The summed E-state index contributed by atoms with van der Waals surface area (Å²) in [5.74, 6) is 0.779.